The average Bonchev–Trinajstić information content (AvgIpc) is 2.27. The highest BCUT2D eigenvalue weighted by atomic mass is 16.5. The molecular formula is C13H22N2O2. The minimum atomic E-state index is -0.0371. The number of pyridine rings is 1. The molecule has 0 fully saturated rings. The lowest BCUT2D eigenvalue weighted by Gasteiger charge is -2.08. The summed E-state index contributed by atoms with van der Waals surface area (Å²) in [5, 5.41) is 0. The summed E-state index contributed by atoms with van der Waals surface area (Å²) >= 11 is 0. The predicted octanol–water partition coefficient (Wildman–Crippen LogP) is 1.88. The van der Waals surface area contributed by atoms with Crippen molar-refractivity contribution in [3.8, 4) is 0 Å². The first-order valence-corrected chi connectivity index (χ1v) is 6.13. The quantitative estimate of drug-likeness (QED) is 0.738. The third-order valence-electron chi connectivity index (χ3n) is 2.55. The molecule has 0 aliphatic rings. The summed E-state index contributed by atoms with van der Waals surface area (Å²) in [4.78, 5) is 11.4. The van der Waals surface area contributed by atoms with Crippen LogP contribution in [-0.4, -0.2) is 17.8 Å². The smallest absolute Gasteiger partial charge is 0.250 e. The zero-order valence-electron chi connectivity index (χ0n) is 10.7. The highest BCUT2D eigenvalue weighted by Gasteiger charge is 1.97. The minimum Gasteiger partial charge on any atom is -0.398 e. The molecule has 4 heteroatoms. The lowest BCUT2D eigenvalue weighted by molar-refractivity contribution is 0.119. The van der Waals surface area contributed by atoms with Crippen LogP contribution in [0.2, 0.25) is 0 Å². The molecule has 17 heavy (non-hydrogen) atoms. The minimum absolute atomic E-state index is 0.0371. The van der Waals surface area contributed by atoms with Crippen molar-refractivity contribution in [2.24, 2.45) is 5.92 Å². The van der Waals surface area contributed by atoms with E-state index in [1.807, 2.05) is 0 Å². The molecule has 0 saturated heterocycles. The molecule has 0 aromatic carbocycles. The zero-order chi connectivity index (χ0) is 12.7. The number of anilines is 1. The predicted molar refractivity (Wildman–Crippen MR) is 70.0 cm³/mol. The second kappa shape index (κ2) is 7.12. The van der Waals surface area contributed by atoms with Gasteiger partial charge in [-0.1, -0.05) is 13.8 Å². The topological polar surface area (TPSA) is 57.2 Å². The molecule has 1 heterocycles. The van der Waals surface area contributed by atoms with E-state index >= 15 is 0 Å². The number of nitrogen functional groups attached to an aromatic ring is 1. The standard InChI is InChI=1S/C13H22N2O2/c1-11(2)4-3-8-17-9-7-15-10-12(14)5-6-13(15)16/h5-6,10-11H,3-4,7-9,14H2,1-2H3. The van der Waals surface area contributed by atoms with Crippen LogP contribution in [0.5, 0.6) is 0 Å². The van der Waals surface area contributed by atoms with Gasteiger partial charge in [0.1, 0.15) is 0 Å². The molecule has 0 aliphatic carbocycles. The molecule has 0 aliphatic heterocycles. The molecule has 0 saturated carbocycles. The first-order chi connectivity index (χ1) is 8.09. The van der Waals surface area contributed by atoms with Gasteiger partial charge in [-0.15, -0.1) is 0 Å². The Morgan fingerprint density at radius 3 is 2.82 bits per heavy atom. The molecule has 1 aromatic rings. The molecular weight excluding hydrogens is 216 g/mol. The monoisotopic (exact) mass is 238 g/mol. The van der Waals surface area contributed by atoms with Gasteiger partial charge < -0.3 is 15.0 Å². The molecule has 0 amide bonds. The molecule has 4 nitrogen and oxygen atoms in total. The maximum atomic E-state index is 11.4. The van der Waals surface area contributed by atoms with Crippen molar-refractivity contribution >= 4 is 5.69 Å². The molecule has 96 valence electrons. The fraction of sp³-hybridized carbons (Fsp3) is 0.615. The Hall–Kier alpha value is -1.29. The van der Waals surface area contributed by atoms with Crippen molar-refractivity contribution in [2.75, 3.05) is 18.9 Å². The van der Waals surface area contributed by atoms with Gasteiger partial charge in [-0.3, -0.25) is 4.79 Å². The van der Waals surface area contributed by atoms with Gasteiger partial charge in [0.2, 0.25) is 0 Å². The Kier molecular flexibility index (Phi) is 5.77. The normalized spacial score (nSPS) is 11.0. The maximum Gasteiger partial charge on any atom is 0.250 e. The number of nitrogens with zero attached hydrogens (tertiary/aromatic N) is 1. The Morgan fingerprint density at radius 2 is 2.12 bits per heavy atom. The van der Waals surface area contributed by atoms with Gasteiger partial charge in [0.15, 0.2) is 0 Å². The summed E-state index contributed by atoms with van der Waals surface area (Å²) in [6.07, 6.45) is 3.90. The summed E-state index contributed by atoms with van der Waals surface area (Å²) < 4.78 is 7.06. The van der Waals surface area contributed by atoms with Crippen molar-refractivity contribution in [3.05, 3.63) is 28.7 Å². The van der Waals surface area contributed by atoms with Crippen molar-refractivity contribution in [1.29, 1.82) is 0 Å². The van der Waals surface area contributed by atoms with Gasteiger partial charge in [0.05, 0.1) is 6.61 Å². The van der Waals surface area contributed by atoms with Crippen LogP contribution < -0.4 is 11.3 Å². The summed E-state index contributed by atoms with van der Waals surface area (Å²) in [7, 11) is 0. The third-order valence-corrected chi connectivity index (χ3v) is 2.55. The van der Waals surface area contributed by atoms with E-state index in [1.165, 1.54) is 12.5 Å². The van der Waals surface area contributed by atoms with Gasteiger partial charge in [-0.05, 0) is 24.8 Å². The molecule has 0 atom stereocenters. The van der Waals surface area contributed by atoms with Crippen LogP contribution >= 0.6 is 0 Å². The number of aromatic nitrogens is 1. The lowest BCUT2D eigenvalue weighted by Crippen LogP contribution is -2.21. The summed E-state index contributed by atoms with van der Waals surface area (Å²) in [6, 6.07) is 3.09. The summed E-state index contributed by atoms with van der Waals surface area (Å²) in [5.41, 5.74) is 6.18. The van der Waals surface area contributed by atoms with Crippen molar-refractivity contribution in [2.45, 2.75) is 33.2 Å². The highest BCUT2D eigenvalue weighted by molar-refractivity contribution is 5.33. The molecule has 2 N–H and O–H groups in total. The SMILES string of the molecule is CC(C)CCCOCCn1cc(N)ccc1=O. The number of nitrogens with two attached hydrogens (primary N) is 1. The third kappa shape index (κ3) is 5.54. The second-order valence-corrected chi connectivity index (χ2v) is 4.64. The number of rotatable bonds is 7. The average molecular weight is 238 g/mol. The van der Waals surface area contributed by atoms with Crippen LogP contribution in [0.4, 0.5) is 5.69 Å². The largest absolute Gasteiger partial charge is 0.398 e. The van der Waals surface area contributed by atoms with Crippen molar-refractivity contribution in [3.63, 3.8) is 0 Å². The molecule has 1 rings (SSSR count). The maximum absolute atomic E-state index is 11.4. The van der Waals surface area contributed by atoms with Crippen molar-refractivity contribution < 1.29 is 4.74 Å². The second-order valence-electron chi connectivity index (χ2n) is 4.64. The fourth-order valence-corrected chi connectivity index (χ4v) is 1.58. The fourth-order valence-electron chi connectivity index (χ4n) is 1.58. The zero-order valence-corrected chi connectivity index (χ0v) is 10.7. The van der Waals surface area contributed by atoms with Crippen LogP contribution in [0.3, 0.4) is 0 Å². The number of hydrogen-bond acceptors (Lipinski definition) is 3. The van der Waals surface area contributed by atoms with Crippen LogP contribution in [0, 0.1) is 5.92 Å². The van der Waals surface area contributed by atoms with Gasteiger partial charge in [0, 0.05) is 31.1 Å². The number of hydrogen-bond donors (Lipinski definition) is 1. The molecule has 0 spiro atoms. The van der Waals surface area contributed by atoms with E-state index in [2.05, 4.69) is 13.8 Å². The van der Waals surface area contributed by atoms with Crippen LogP contribution in [0.1, 0.15) is 26.7 Å². The first kappa shape index (κ1) is 13.8. The van der Waals surface area contributed by atoms with E-state index in [9.17, 15) is 4.79 Å². The molecule has 0 radical (unpaired) electrons. The molecule has 0 unspecified atom stereocenters. The van der Waals surface area contributed by atoms with Crippen molar-refractivity contribution in [1.82, 2.24) is 4.57 Å². The summed E-state index contributed by atoms with van der Waals surface area (Å²) in [6.45, 7) is 6.28. The van der Waals surface area contributed by atoms with Crippen LogP contribution in [0.25, 0.3) is 0 Å². The van der Waals surface area contributed by atoms with E-state index < -0.39 is 0 Å². The van der Waals surface area contributed by atoms with E-state index in [1.54, 1.807) is 16.8 Å². The van der Waals surface area contributed by atoms with Gasteiger partial charge in [0.25, 0.3) is 5.56 Å². The summed E-state index contributed by atoms with van der Waals surface area (Å²) in [5.74, 6) is 0.718. The van der Waals surface area contributed by atoms with E-state index in [0.29, 0.717) is 18.8 Å². The molecule has 0 bridgehead atoms. The Morgan fingerprint density at radius 1 is 1.35 bits per heavy atom. The van der Waals surface area contributed by atoms with Crippen LogP contribution in [0.15, 0.2) is 23.1 Å². The Bertz CT molecular complexity index is 385. The van der Waals surface area contributed by atoms with Crippen LogP contribution in [-0.2, 0) is 11.3 Å². The van der Waals surface area contributed by atoms with E-state index in [-0.39, 0.29) is 5.56 Å². The Labute approximate surface area is 102 Å². The van der Waals surface area contributed by atoms with E-state index in [4.69, 9.17) is 10.5 Å². The first-order valence-electron chi connectivity index (χ1n) is 6.13. The number of ether oxygens (including phenoxy) is 1. The highest BCUT2D eigenvalue weighted by Crippen LogP contribution is 2.03. The van der Waals surface area contributed by atoms with Gasteiger partial charge >= 0.3 is 0 Å². The lowest BCUT2D eigenvalue weighted by atomic mass is 10.1. The Balaban J connectivity index is 2.22. The van der Waals surface area contributed by atoms with Gasteiger partial charge in [-0.2, -0.15) is 0 Å². The van der Waals surface area contributed by atoms with E-state index in [0.717, 1.165) is 18.9 Å². The van der Waals surface area contributed by atoms with Gasteiger partial charge in [-0.25, -0.2) is 0 Å². The molecule has 1 aromatic heterocycles.